The van der Waals surface area contributed by atoms with Crippen molar-refractivity contribution < 1.29 is 8.42 Å². The molecule has 1 fully saturated rings. The first kappa shape index (κ1) is 21.5. The summed E-state index contributed by atoms with van der Waals surface area (Å²) in [5, 5.41) is 7.75. The Morgan fingerprint density at radius 2 is 1.79 bits per heavy atom. The van der Waals surface area contributed by atoms with Crippen LogP contribution in [0, 0.1) is 5.92 Å². The molecule has 2 heterocycles. The number of para-hydroxylation sites is 1. The topological polar surface area (TPSA) is 67.2 Å². The monoisotopic (exact) mass is 460 g/mol. The summed E-state index contributed by atoms with van der Waals surface area (Å²) >= 11 is 0. The van der Waals surface area contributed by atoms with Gasteiger partial charge in [0.2, 0.25) is 9.84 Å². The minimum absolute atomic E-state index is 0.330. The van der Waals surface area contributed by atoms with Crippen molar-refractivity contribution in [2.45, 2.75) is 35.5 Å². The standard InChI is InChI=1S/C26H28N4O2S/c1-18(27-26-14-15-29(2)28-26)21(16-19-8-4-5-9-19)20-12-13-25-23(17-20)30(3)22-10-6-7-11-24(22)33(25,31)32/h6-7,10-17,19H,1,4-5,8-9H2,2-3H3,(H,27,28)/b21-16-. The zero-order valence-electron chi connectivity index (χ0n) is 19.0. The van der Waals surface area contributed by atoms with Crippen LogP contribution in [0.1, 0.15) is 31.2 Å². The van der Waals surface area contributed by atoms with Gasteiger partial charge in [0.1, 0.15) is 0 Å². The Morgan fingerprint density at radius 3 is 2.52 bits per heavy atom. The second kappa shape index (κ2) is 8.23. The second-order valence-corrected chi connectivity index (χ2v) is 10.7. The summed E-state index contributed by atoms with van der Waals surface area (Å²) < 4.78 is 28.3. The molecule has 1 aliphatic carbocycles. The molecule has 3 aromatic rings. The maximum atomic E-state index is 13.3. The van der Waals surface area contributed by atoms with Crippen LogP contribution < -0.4 is 10.2 Å². The van der Waals surface area contributed by atoms with Gasteiger partial charge in [-0.2, -0.15) is 5.10 Å². The second-order valence-electron chi connectivity index (χ2n) is 8.82. The fraction of sp³-hybridized carbons (Fsp3) is 0.269. The zero-order valence-corrected chi connectivity index (χ0v) is 19.8. The molecule has 5 rings (SSSR count). The van der Waals surface area contributed by atoms with Crippen LogP contribution in [0.2, 0.25) is 0 Å². The normalized spacial score (nSPS) is 17.5. The molecule has 0 amide bonds. The van der Waals surface area contributed by atoms with Gasteiger partial charge in [0, 0.05) is 37.6 Å². The van der Waals surface area contributed by atoms with E-state index in [9.17, 15) is 8.42 Å². The van der Waals surface area contributed by atoms with Crippen LogP contribution >= 0.6 is 0 Å². The maximum Gasteiger partial charge on any atom is 0.210 e. The smallest absolute Gasteiger partial charge is 0.210 e. The van der Waals surface area contributed by atoms with E-state index in [-0.39, 0.29) is 0 Å². The molecule has 1 aliphatic heterocycles. The Hall–Kier alpha value is -3.32. The first-order chi connectivity index (χ1) is 15.8. The number of rotatable bonds is 5. The van der Waals surface area contributed by atoms with Gasteiger partial charge in [-0.25, -0.2) is 8.42 Å². The van der Waals surface area contributed by atoms with Gasteiger partial charge < -0.3 is 10.2 Å². The van der Waals surface area contributed by atoms with Gasteiger partial charge in [-0.1, -0.05) is 43.7 Å². The van der Waals surface area contributed by atoms with Crippen molar-refractivity contribution in [1.29, 1.82) is 0 Å². The molecule has 1 N–H and O–H groups in total. The van der Waals surface area contributed by atoms with E-state index < -0.39 is 9.84 Å². The van der Waals surface area contributed by atoms with Gasteiger partial charge in [0.25, 0.3) is 0 Å². The number of hydrogen-bond acceptors (Lipinski definition) is 5. The number of anilines is 3. The first-order valence-electron chi connectivity index (χ1n) is 11.2. The predicted octanol–water partition coefficient (Wildman–Crippen LogP) is 5.53. The summed E-state index contributed by atoms with van der Waals surface area (Å²) in [4.78, 5) is 2.63. The molecule has 0 atom stereocenters. The van der Waals surface area contributed by atoms with Crippen LogP contribution in [0.5, 0.6) is 0 Å². The van der Waals surface area contributed by atoms with Crippen molar-refractivity contribution >= 4 is 32.6 Å². The highest BCUT2D eigenvalue weighted by Gasteiger charge is 2.32. The van der Waals surface area contributed by atoms with E-state index in [0.717, 1.165) is 35.5 Å². The SMILES string of the molecule is C=C(Nc1ccn(C)n1)/C(=C/C1CCCC1)c1ccc2c(c1)N(C)c1ccccc1S2(=O)=O. The van der Waals surface area contributed by atoms with Crippen LogP contribution in [0.25, 0.3) is 5.57 Å². The summed E-state index contributed by atoms with van der Waals surface area (Å²) in [6.07, 6.45) is 8.96. The lowest BCUT2D eigenvalue weighted by Crippen LogP contribution is -2.22. The van der Waals surface area contributed by atoms with Crippen LogP contribution in [-0.2, 0) is 16.9 Å². The molecule has 7 heteroatoms. The Labute approximate surface area is 195 Å². The van der Waals surface area contributed by atoms with Gasteiger partial charge in [0.05, 0.1) is 21.2 Å². The molecule has 0 spiro atoms. The van der Waals surface area contributed by atoms with Crippen molar-refractivity contribution in [3.63, 3.8) is 0 Å². The molecule has 0 saturated heterocycles. The molecule has 2 aliphatic rings. The Bertz CT molecular complexity index is 1360. The predicted molar refractivity (Wildman–Crippen MR) is 132 cm³/mol. The Kier molecular flexibility index (Phi) is 5.37. The van der Waals surface area contributed by atoms with E-state index >= 15 is 0 Å². The maximum absolute atomic E-state index is 13.3. The molecule has 2 aromatic carbocycles. The fourth-order valence-electron chi connectivity index (χ4n) is 4.82. The molecule has 33 heavy (non-hydrogen) atoms. The van der Waals surface area contributed by atoms with Crippen molar-refractivity contribution in [2.24, 2.45) is 13.0 Å². The largest absolute Gasteiger partial charge is 0.342 e. The first-order valence-corrected chi connectivity index (χ1v) is 12.7. The lowest BCUT2D eigenvalue weighted by molar-refractivity contribution is 0.594. The molecule has 170 valence electrons. The third-order valence-electron chi connectivity index (χ3n) is 6.56. The van der Waals surface area contributed by atoms with Crippen molar-refractivity contribution in [3.05, 3.63) is 78.6 Å². The van der Waals surface area contributed by atoms with E-state index in [1.54, 1.807) is 22.9 Å². The average molecular weight is 461 g/mol. The summed E-state index contributed by atoms with van der Waals surface area (Å²) in [5.74, 6) is 1.21. The molecule has 0 bridgehead atoms. The molecular weight excluding hydrogens is 432 g/mol. The minimum atomic E-state index is -3.58. The van der Waals surface area contributed by atoms with Crippen LogP contribution in [0.4, 0.5) is 17.2 Å². The van der Waals surface area contributed by atoms with Crippen LogP contribution in [-0.4, -0.2) is 25.2 Å². The lowest BCUT2D eigenvalue weighted by atomic mass is 9.96. The Morgan fingerprint density at radius 1 is 1.06 bits per heavy atom. The third kappa shape index (κ3) is 3.86. The number of hydrogen-bond donors (Lipinski definition) is 1. The number of allylic oxidation sites excluding steroid dienone is 2. The number of sulfone groups is 1. The number of aromatic nitrogens is 2. The third-order valence-corrected chi connectivity index (χ3v) is 8.41. The highest BCUT2D eigenvalue weighted by Crippen LogP contribution is 2.44. The lowest BCUT2D eigenvalue weighted by Gasteiger charge is -2.30. The number of fused-ring (bicyclic) bond motifs is 2. The van der Waals surface area contributed by atoms with Gasteiger partial charge in [0.15, 0.2) is 5.82 Å². The van der Waals surface area contributed by atoms with Gasteiger partial charge in [-0.05, 0) is 48.6 Å². The quantitative estimate of drug-likeness (QED) is 0.507. The molecule has 1 saturated carbocycles. The van der Waals surface area contributed by atoms with Crippen molar-refractivity contribution in [1.82, 2.24) is 9.78 Å². The van der Waals surface area contributed by atoms with E-state index in [4.69, 9.17) is 0 Å². The molecule has 0 unspecified atom stereocenters. The summed E-state index contributed by atoms with van der Waals surface area (Å²) in [6.45, 7) is 4.31. The zero-order chi connectivity index (χ0) is 23.2. The number of nitrogens with zero attached hydrogens (tertiary/aromatic N) is 3. The molecule has 1 aromatic heterocycles. The van der Waals surface area contributed by atoms with E-state index in [1.807, 2.05) is 55.5 Å². The van der Waals surface area contributed by atoms with Gasteiger partial charge in [-0.15, -0.1) is 0 Å². The minimum Gasteiger partial charge on any atom is -0.342 e. The van der Waals surface area contributed by atoms with E-state index in [1.165, 1.54) is 12.8 Å². The number of aryl methyl sites for hydroxylation is 1. The van der Waals surface area contributed by atoms with Crippen LogP contribution in [0.15, 0.2) is 82.9 Å². The molecule has 6 nitrogen and oxygen atoms in total. The number of benzene rings is 2. The van der Waals surface area contributed by atoms with Crippen LogP contribution in [0.3, 0.4) is 0 Å². The van der Waals surface area contributed by atoms with E-state index in [0.29, 0.717) is 27.1 Å². The summed E-state index contributed by atoms with van der Waals surface area (Å²) in [5.41, 5.74) is 4.04. The van der Waals surface area contributed by atoms with Crippen molar-refractivity contribution in [3.8, 4) is 0 Å². The average Bonchev–Trinajstić information content (AvgIpc) is 3.47. The van der Waals surface area contributed by atoms with Gasteiger partial charge in [-0.3, -0.25) is 4.68 Å². The highest BCUT2D eigenvalue weighted by molar-refractivity contribution is 7.92. The molecule has 0 radical (unpaired) electrons. The van der Waals surface area contributed by atoms with E-state index in [2.05, 4.69) is 23.1 Å². The van der Waals surface area contributed by atoms with Crippen molar-refractivity contribution in [2.75, 3.05) is 17.3 Å². The highest BCUT2D eigenvalue weighted by atomic mass is 32.2. The molecular formula is C26H28N4O2S. The number of nitrogens with one attached hydrogen (secondary N) is 1. The van der Waals surface area contributed by atoms with Gasteiger partial charge >= 0.3 is 0 Å². The fourth-order valence-corrected chi connectivity index (χ4v) is 6.51. The summed E-state index contributed by atoms with van der Waals surface area (Å²) in [6, 6.07) is 14.6. The summed E-state index contributed by atoms with van der Waals surface area (Å²) in [7, 11) is 0.213. The Balaban J connectivity index is 1.58.